The lowest BCUT2D eigenvalue weighted by Crippen LogP contribution is -2.47. The fourth-order valence-corrected chi connectivity index (χ4v) is 3.23. The van der Waals surface area contributed by atoms with Gasteiger partial charge in [0.1, 0.15) is 0 Å². The second kappa shape index (κ2) is 9.70. The number of benzene rings is 1. The molecule has 0 amide bonds. The normalized spacial score (nSPS) is 15.2. The lowest BCUT2D eigenvalue weighted by molar-refractivity contribution is -0.00405. The first-order chi connectivity index (χ1) is 11.6. The molecule has 1 aromatic rings. The number of hydrazine groups is 3. The summed E-state index contributed by atoms with van der Waals surface area (Å²) in [6.07, 6.45) is 10.6. The molecule has 0 radical (unpaired) electrons. The highest BCUT2D eigenvalue weighted by Crippen LogP contribution is 2.26. The molecule has 2 rings (SSSR count). The first-order valence-corrected chi connectivity index (χ1v) is 9.51. The first-order valence-electron chi connectivity index (χ1n) is 9.51. The van der Waals surface area contributed by atoms with Gasteiger partial charge in [-0.1, -0.05) is 76.1 Å². The van der Waals surface area contributed by atoms with Crippen LogP contribution in [0.4, 0.5) is 0 Å². The molecule has 1 aromatic carbocycles. The van der Waals surface area contributed by atoms with Crippen LogP contribution >= 0.6 is 0 Å². The number of nitrogens with one attached hydrogen (secondary N) is 1. The molecule has 0 spiro atoms. The first kappa shape index (κ1) is 18.8. The van der Waals surface area contributed by atoms with E-state index < -0.39 is 0 Å². The number of nitrogens with zero attached hydrogens (tertiary/aromatic N) is 2. The third-order valence-electron chi connectivity index (χ3n) is 4.84. The van der Waals surface area contributed by atoms with Gasteiger partial charge in [-0.15, -0.1) is 5.12 Å². The van der Waals surface area contributed by atoms with Gasteiger partial charge < -0.3 is 0 Å². The average Bonchev–Trinajstić information content (AvgIpc) is 2.86. The predicted octanol–water partition coefficient (Wildman–Crippen LogP) is 4.74. The maximum atomic E-state index is 6.23. The Kier molecular flexibility index (Phi) is 7.60. The quantitative estimate of drug-likeness (QED) is 0.480. The molecule has 24 heavy (non-hydrogen) atoms. The Bertz CT molecular complexity index is 538. The van der Waals surface area contributed by atoms with Gasteiger partial charge in [-0.25, -0.2) is 11.0 Å². The average molecular weight is 331 g/mol. The van der Waals surface area contributed by atoms with Crippen molar-refractivity contribution in [2.75, 3.05) is 6.54 Å². The van der Waals surface area contributed by atoms with E-state index in [1.165, 1.54) is 62.5 Å². The number of hydrogen-bond acceptors (Lipinski definition) is 4. The lowest BCUT2D eigenvalue weighted by atomic mass is 10.1. The summed E-state index contributed by atoms with van der Waals surface area (Å²) in [6, 6.07) is 8.43. The molecule has 3 N–H and O–H groups in total. The van der Waals surface area contributed by atoms with Gasteiger partial charge in [0.25, 0.3) is 0 Å². The standard InChI is InChI=1S/C20H34N4/c1-4-5-6-7-8-9-10-13-16-23-22-20(18(3)24(23)21)19-15-12-11-14-17(19)2/h11-12,14-15,22H,4-10,13,16,21H2,1-3H3. The van der Waals surface area contributed by atoms with Crippen LogP contribution in [0.1, 0.15) is 76.3 Å². The molecule has 0 saturated carbocycles. The van der Waals surface area contributed by atoms with Gasteiger partial charge in [-0.05, 0) is 25.8 Å². The summed E-state index contributed by atoms with van der Waals surface area (Å²) >= 11 is 0. The molecular weight excluding hydrogens is 296 g/mol. The molecule has 0 bridgehead atoms. The number of nitrogens with two attached hydrogens (primary N) is 1. The largest absolute Gasteiger partial charge is 0.298 e. The van der Waals surface area contributed by atoms with Gasteiger partial charge in [-0.2, -0.15) is 0 Å². The van der Waals surface area contributed by atoms with Crippen molar-refractivity contribution in [2.24, 2.45) is 5.84 Å². The van der Waals surface area contributed by atoms with Crippen LogP contribution in [-0.4, -0.2) is 16.8 Å². The van der Waals surface area contributed by atoms with E-state index >= 15 is 0 Å². The summed E-state index contributed by atoms with van der Waals surface area (Å²) in [5.74, 6) is 6.23. The zero-order valence-electron chi connectivity index (χ0n) is 15.6. The van der Waals surface area contributed by atoms with Gasteiger partial charge in [0, 0.05) is 12.1 Å². The van der Waals surface area contributed by atoms with E-state index in [9.17, 15) is 0 Å². The van der Waals surface area contributed by atoms with E-state index in [1.807, 2.05) is 5.12 Å². The topological polar surface area (TPSA) is 44.5 Å². The van der Waals surface area contributed by atoms with E-state index in [-0.39, 0.29) is 0 Å². The highest BCUT2D eigenvalue weighted by Gasteiger charge is 2.25. The molecule has 0 aromatic heterocycles. The molecule has 134 valence electrons. The molecule has 0 aliphatic carbocycles. The van der Waals surface area contributed by atoms with E-state index in [4.69, 9.17) is 5.84 Å². The molecule has 0 saturated heterocycles. The van der Waals surface area contributed by atoms with Crippen molar-refractivity contribution in [2.45, 2.75) is 72.1 Å². The highest BCUT2D eigenvalue weighted by molar-refractivity contribution is 5.69. The van der Waals surface area contributed by atoms with Crippen molar-refractivity contribution in [3.8, 4) is 0 Å². The summed E-state index contributed by atoms with van der Waals surface area (Å²) < 4.78 is 0. The molecule has 0 atom stereocenters. The molecule has 4 nitrogen and oxygen atoms in total. The Morgan fingerprint density at radius 3 is 2.21 bits per heavy atom. The van der Waals surface area contributed by atoms with Gasteiger partial charge in [-0.3, -0.25) is 5.43 Å². The number of aryl methyl sites for hydroxylation is 1. The van der Waals surface area contributed by atoms with Crippen LogP contribution in [0.3, 0.4) is 0 Å². The SMILES string of the molecule is CCCCCCCCCCN1NC(c2ccccc2C)=C(C)N1N. The Morgan fingerprint density at radius 1 is 0.917 bits per heavy atom. The predicted molar refractivity (Wildman–Crippen MR) is 102 cm³/mol. The Labute approximate surface area is 147 Å². The van der Waals surface area contributed by atoms with Gasteiger partial charge in [0.2, 0.25) is 0 Å². The van der Waals surface area contributed by atoms with Gasteiger partial charge in [0.05, 0.1) is 11.4 Å². The molecule has 0 fully saturated rings. The second-order valence-corrected chi connectivity index (χ2v) is 6.83. The Morgan fingerprint density at radius 2 is 1.54 bits per heavy atom. The minimum absolute atomic E-state index is 0.943. The zero-order chi connectivity index (χ0) is 17.4. The molecule has 1 heterocycles. The van der Waals surface area contributed by atoms with E-state index in [0.29, 0.717) is 0 Å². The van der Waals surface area contributed by atoms with Crippen molar-refractivity contribution in [3.63, 3.8) is 0 Å². The van der Waals surface area contributed by atoms with Crippen molar-refractivity contribution >= 4 is 5.70 Å². The smallest absolute Gasteiger partial charge is 0.0803 e. The summed E-state index contributed by atoms with van der Waals surface area (Å²) in [5, 5.41) is 3.79. The van der Waals surface area contributed by atoms with Crippen LogP contribution in [0.15, 0.2) is 30.0 Å². The van der Waals surface area contributed by atoms with Crippen LogP contribution in [-0.2, 0) is 0 Å². The number of allylic oxidation sites excluding steroid dienone is 1. The fraction of sp³-hybridized carbons (Fsp3) is 0.600. The van der Waals surface area contributed by atoms with Crippen LogP contribution in [0.2, 0.25) is 0 Å². The number of rotatable bonds is 10. The third kappa shape index (κ3) is 4.99. The lowest BCUT2D eigenvalue weighted by Gasteiger charge is -2.25. The summed E-state index contributed by atoms with van der Waals surface area (Å²) in [7, 11) is 0. The maximum absolute atomic E-state index is 6.23. The molecule has 0 unspecified atom stereocenters. The van der Waals surface area contributed by atoms with Gasteiger partial charge >= 0.3 is 0 Å². The summed E-state index contributed by atoms with van der Waals surface area (Å²) in [6.45, 7) is 7.42. The number of unbranched alkanes of at least 4 members (excludes halogenated alkanes) is 7. The molecule has 1 aliphatic heterocycles. The van der Waals surface area contributed by atoms with Crippen molar-refractivity contribution in [3.05, 3.63) is 41.1 Å². The molecule has 1 aliphatic rings. The Hall–Kier alpha value is -1.52. The van der Waals surface area contributed by atoms with Crippen LogP contribution in [0.25, 0.3) is 5.70 Å². The maximum Gasteiger partial charge on any atom is 0.0803 e. The number of hydrogen-bond donors (Lipinski definition) is 2. The fourth-order valence-electron chi connectivity index (χ4n) is 3.23. The van der Waals surface area contributed by atoms with Crippen LogP contribution < -0.4 is 11.3 Å². The zero-order valence-corrected chi connectivity index (χ0v) is 15.6. The monoisotopic (exact) mass is 330 g/mol. The van der Waals surface area contributed by atoms with Gasteiger partial charge in [0.15, 0.2) is 0 Å². The van der Waals surface area contributed by atoms with E-state index in [0.717, 1.165) is 17.9 Å². The minimum atomic E-state index is 0.943. The van der Waals surface area contributed by atoms with Crippen LogP contribution in [0, 0.1) is 6.92 Å². The summed E-state index contributed by atoms with van der Waals surface area (Å²) in [5.41, 5.74) is 8.17. The molecular formula is C20H34N4. The van der Waals surface area contributed by atoms with Crippen molar-refractivity contribution in [1.82, 2.24) is 15.7 Å². The third-order valence-corrected chi connectivity index (χ3v) is 4.84. The molecule has 4 heteroatoms. The van der Waals surface area contributed by atoms with E-state index in [2.05, 4.69) is 50.5 Å². The Balaban J connectivity index is 1.74. The second-order valence-electron chi connectivity index (χ2n) is 6.83. The summed E-state index contributed by atoms with van der Waals surface area (Å²) in [4.78, 5) is 0. The van der Waals surface area contributed by atoms with E-state index in [1.54, 1.807) is 5.12 Å². The highest BCUT2D eigenvalue weighted by atomic mass is 15.9. The minimum Gasteiger partial charge on any atom is -0.298 e. The van der Waals surface area contributed by atoms with Crippen molar-refractivity contribution in [1.29, 1.82) is 0 Å². The van der Waals surface area contributed by atoms with Crippen LogP contribution in [0.5, 0.6) is 0 Å². The van der Waals surface area contributed by atoms with Crippen molar-refractivity contribution < 1.29 is 0 Å².